The molecular weight excluding hydrogens is 373 g/mol. The summed E-state index contributed by atoms with van der Waals surface area (Å²) in [5.41, 5.74) is 2.81. The van der Waals surface area contributed by atoms with E-state index in [1.54, 1.807) is 6.20 Å². The quantitative estimate of drug-likeness (QED) is 0.686. The van der Waals surface area contributed by atoms with Crippen molar-refractivity contribution in [1.82, 2.24) is 15.0 Å². The fraction of sp³-hybridized carbons (Fsp3) is 0.188. The first-order valence-electron chi connectivity index (χ1n) is 7.34. The van der Waals surface area contributed by atoms with E-state index in [9.17, 15) is 18.0 Å². The Labute approximate surface area is 150 Å². The van der Waals surface area contributed by atoms with Crippen LogP contribution in [0.3, 0.4) is 0 Å². The van der Waals surface area contributed by atoms with Crippen LogP contribution in [0, 0.1) is 6.92 Å². The van der Waals surface area contributed by atoms with Crippen LogP contribution in [0.25, 0.3) is 22.6 Å². The number of carbonyl (C=O) groups excluding carboxylic acids is 1. The van der Waals surface area contributed by atoms with Crippen LogP contribution in [0.5, 0.6) is 0 Å². The highest BCUT2D eigenvalue weighted by molar-refractivity contribution is 6.33. The fourth-order valence-electron chi connectivity index (χ4n) is 2.22. The molecule has 136 valence electrons. The SMILES string of the molecule is Cc1cnc2nc(-c3cc(NC(=O)OCC(F)(F)F)ccc3Cl)[nH]c2c1. The molecule has 1 aromatic carbocycles. The molecule has 0 saturated heterocycles. The molecule has 0 aliphatic carbocycles. The van der Waals surface area contributed by atoms with E-state index in [2.05, 4.69) is 25.0 Å². The van der Waals surface area contributed by atoms with E-state index in [-0.39, 0.29) is 5.69 Å². The Morgan fingerprint density at radius 1 is 1.35 bits per heavy atom. The van der Waals surface area contributed by atoms with E-state index in [1.165, 1.54) is 18.2 Å². The highest BCUT2D eigenvalue weighted by Gasteiger charge is 2.29. The molecule has 10 heteroatoms. The van der Waals surface area contributed by atoms with E-state index in [4.69, 9.17) is 11.6 Å². The second kappa shape index (κ2) is 6.83. The first-order valence-corrected chi connectivity index (χ1v) is 7.72. The van der Waals surface area contributed by atoms with Crippen molar-refractivity contribution in [3.63, 3.8) is 0 Å². The van der Waals surface area contributed by atoms with Gasteiger partial charge in [-0.25, -0.2) is 14.8 Å². The first-order chi connectivity index (χ1) is 12.2. The maximum atomic E-state index is 12.1. The molecule has 6 nitrogen and oxygen atoms in total. The third-order valence-corrected chi connectivity index (χ3v) is 3.64. The molecule has 0 atom stereocenters. The number of nitrogens with zero attached hydrogens (tertiary/aromatic N) is 2. The Balaban J connectivity index is 1.84. The van der Waals surface area contributed by atoms with Crippen molar-refractivity contribution >= 4 is 34.5 Å². The maximum Gasteiger partial charge on any atom is 0.422 e. The van der Waals surface area contributed by atoms with Gasteiger partial charge in [-0.1, -0.05) is 11.6 Å². The lowest BCUT2D eigenvalue weighted by atomic mass is 10.2. The molecule has 2 aromatic heterocycles. The zero-order chi connectivity index (χ0) is 18.9. The van der Waals surface area contributed by atoms with Crippen molar-refractivity contribution in [2.24, 2.45) is 0 Å². The minimum atomic E-state index is -4.60. The highest BCUT2D eigenvalue weighted by Crippen LogP contribution is 2.30. The summed E-state index contributed by atoms with van der Waals surface area (Å²) in [4.78, 5) is 23.1. The van der Waals surface area contributed by atoms with E-state index < -0.39 is 18.9 Å². The van der Waals surface area contributed by atoms with Gasteiger partial charge in [-0.05, 0) is 36.8 Å². The standard InChI is InChI=1S/C16H12ClF3N4O2/c1-8-4-12-14(21-6-8)24-13(23-12)10-5-9(2-3-11(10)17)22-15(25)26-7-16(18,19)20/h2-6H,7H2,1H3,(H,22,25)(H,21,23,24). The van der Waals surface area contributed by atoms with Crippen molar-refractivity contribution in [3.05, 3.63) is 41.0 Å². The van der Waals surface area contributed by atoms with Crippen LogP contribution >= 0.6 is 11.6 Å². The molecule has 2 N–H and O–H groups in total. The molecule has 26 heavy (non-hydrogen) atoms. The van der Waals surface area contributed by atoms with Crippen molar-refractivity contribution in [3.8, 4) is 11.4 Å². The molecule has 0 radical (unpaired) electrons. The number of H-pyrrole nitrogens is 1. The number of rotatable bonds is 3. The summed E-state index contributed by atoms with van der Waals surface area (Å²) in [7, 11) is 0. The van der Waals surface area contributed by atoms with E-state index in [0.29, 0.717) is 27.6 Å². The number of hydrogen-bond donors (Lipinski definition) is 2. The molecule has 0 aliphatic heterocycles. The number of aromatic amines is 1. The van der Waals surface area contributed by atoms with Crippen molar-refractivity contribution in [2.75, 3.05) is 11.9 Å². The lowest BCUT2D eigenvalue weighted by molar-refractivity contribution is -0.159. The number of carbonyl (C=O) groups is 1. The van der Waals surface area contributed by atoms with Gasteiger partial charge in [-0.3, -0.25) is 5.32 Å². The van der Waals surface area contributed by atoms with Crippen LogP contribution < -0.4 is 5.32 Å². The third-order valence-electron chi connectivity index (χ3n) is 3.31. The normalized spacial score (nSPS) is 11.6. The number of anilines is 1. The molecule has 0 saturated carbocycles. The number of benzene rings is 1. The number of nitrogens with one attached hydrogen (secondary N) is 2. The second-order valence-electron chi connectivity index (χ2n) is 5.48. The highest BCUT2D eigenvalue weighted by atomic mass is 35.5. The average Bonchev–Trinajstić information content (AvgIpc) is 2.97. The summed E-state index contributed by atoms with van der Waals surface area (Å²) in [6.07, 6.45) is -4.15. The molecule has 1 amide bonds. The number of hydrogen-bond acceptors (Lipinski definition) is 4. The van der Waals surface area contributed by atoms with Crippen LogP contribution in [0.2, 0.25) is 5.02 Å². The summed E-state index contributed by atoms with van der Waals surface area (Å²) < 4.78 is 40.4. The Kier molecular flexibility index (Phi) is 4.73. The van der Waals surface area contributed by atoms with Gasteiger partial charge in [0.25, 0.3) is 0 Å². The van der Waals surface area contributed by atoms with Gasteiger partial charge in [0, 0.05) is 17.4 Å². The molecule has 3 aromatic rings. The zero-order valence-electron chi connectivity index (χ0n) is 13.3. The Morgan fingerprint density at radius 3 is 2.85 bits per heavy atom. The molecular formula is C16H12ClF3N4O2. The lowest BCUT2D eigenvalue weighted by Crippen LogP contribution is -2.23. The zero-order valence-corrected chi connectivity index (χ0v) is 14.1. The Morgan fingerprint density at radius 2 is 2.12 bits per heavy atom. The van der Waals surface area contributed by atoms with Crippen molar-refractivity contribution < 1.29 is 22.7 Å². The van der Waals surface area contributed by atoms with Gasteiger partial charge in [-0.15, -0.1) is 0 Å². The van der Waals surface area contributed by atoms with Crippen molar-refractivity contribution in [2.45, 2.75) is 13.1 Å². The first kappa shape index (κ1) is 18.0. The molecule has 0 fully saturated rings. The van der Waals surface area contributed by atoms with Crippen LogP contribution in [0.1, 0.15) is 5.56 Å². The molecule has 3 rings (SSSR count). The van der Waals surface area contributed by atoms with Gasteiger partial charge in [-0.2, -0.15) is 13.2 Å². The predicted molar refractivity (Wildman–Crippen MR) is 90.1 cm³/mol. The Hall–Kier alpha value is -2.81. The van der Waals surface area contributed by atoms with Crippen molar-refractivity contribution in [1.29, 1.82) is 0 Å². The third kappa shape index (κ3) is 4.23. The minimum Gasteiger partial charge on any atom is -0.440 e. The topological polar surface area (TPSA) is 79.9 Å². The summed E-state index contributed by atoms with van der Waals surface area (Å²) in [6, 6.07) is 6.26. The predicted octanol–water partition coefficient (Wildman–Crippen LogP) is 4.70. The van der Waals surface area contributed by atoms with Crippen LogP contribution in [0.15, 0.2) is 30.5 Å². The largest absolute Gasteiger partial charge is 0.440 e. The molecule has 0 aliphatic rings. The molecule has 0 unspecified atom stereocenters. The maximum absolute atomic E-state index is 12.1. The number of pyridine rings is 1. The summed E-state index contributed by atoms with van der Waals surface area (Å²) in [5, 5.41) is 2.56. The van der Waals surface area contributed by atoms with Crippen LogP contribution in [-0.2, 0) is 4.74 Å². The number of fused-ring (bicyclic) bond motifs is 1. The second-order valence-corrected chi connectivity index (χ2v) is 5.89. The summed E-state index contributed by atoms with van der Waals surface area (Å²) in [6.45, 7) is 0.213. The smallest absolute Gasteiger partial charge is 0.422 e. The van der Waals surface area contributed by atoms with Gasteiger partial charge in [0.15, 0.2) is 12.3 Å². The number of amides is 1. The van der Waals surface area contributed by atoms with E-state index in [0.717, 1.165) is 5.56 Å². The minimum absolute atomic E-state index is 0.209. The lowest BCUT2D eigenvalue weighted by Gasteiger charge is -2.10. The van der Waals surface area contributed by atoms with Crippen LogP contribution in [-0.4, -0.2) is 33.8 Å². The van der Waals surface area contributed by atoms with E-state index in [1.807, 2.05) is 13.0 Å². The molecule has 0 bridgehead atoms. The summed E-state index contributed by atoms with van der Waals surface area (Å²) >= 11 is 6.17. The van der Waals surface area contributed by atoms with Gasteiger partial charge in [0.1, 0.15) is 5.82 Å². The number of halogens is 4. The van der Waals surface area contributed by atoms with Gasteiger partial charge in [0.05, 0.1) is 10.5 Å². The number of imidazole rings is 1. The fourth-order valence-corrected chi connectivity index (χ4v) is 2.42. The Bertz CT molecular complexity index is 972. The van der Waals surface area contributed by atoms with Gasteiger partial charge in [0.2, 0.25) is 0 Å². The van der Waals surface area contributed by atoms with E-state index >= 15 is 0 Å². The van der Waals surface area contributed by atoms with Crippen LogP contribution in [0.4, 0.5) is 23.7 Å². The number of ether oxygens (including phenoxy) is 1. The van der Waals surface area contributed by atoms with Gasteiger partial charge >= 0.3 is 12.3 Å². The summed E-state index contributed by atoms with van der Waals surface area (Å²) in [5.74, 6) is 0.412. The van der Waals surface area contributed by atoms with Gasteiger partial charge < -0.3 is 9.72 Å². The number of aryl methyl sites for hydroxylation is 1. The number of aromatic nitrogens is 3. The molecule has 0 spiro atoms. The monoisotopic (exact) mass is 384 g/mol. The number of alkyl halides is 3. The molecule has 2 heterocycles. The average molecular weight is 385 g/mol.